The number of quaternary nitrogens is 1. The lowest BCUT2D eigenvalue weighted by Gasteiger charge is -2.38. The molecule has 3 rings (SSSR count). The molecule has 1 saturated heterocycles. The SMILES string of the molecule is CN1CC(OC(=O)COc2cc(Cl)c(Cl)c(Cl)c2)[N+]([O-])(c2ncc(Br)s2)C1. The number of thiazole rings is 1. The van der Waals surface area contributed by atoms with Crippen LogP contribution < -0.4 is 9.38 Å². The fraction of sp³-hybridized carbons (Fsp3) is 0.333. The Morgan fingerprint density at radius 3 is 2.70 bits per heavy atom. The summed E-state index contributed by atoms with van der Waals surface area (Å²) in [4.78, 5) is 18.1. The quantitative estimate of drug-likeness (QED) is 0.251. The third-order valence-corrected chi connectivity index (χ3v) is 6.54. The summed E-state index contributed by atoms with van der Waals surface area (Å²) in [7, 11) is 1.77. The number of esters is 1. The van der Waals surface area contributed by atoms with E-state index in [9.17, 15) is 10.0 Å². The van der Waals surface area contributed by atoms with Crippen molar-refractivity contribution in [2.45, 2.75) is 6.23 Å². The standard InChI is InChI=1S/C15H13BrCl3N3O4S/c1-21-5-12(22(24,7-21)15-20-4-11(16)27-15)26-13(23)6-25-8-2-9(17)14(19)10(18)3-8/h2-4,12H,5-7H2,1H3. The van der Waals surface area contributed by atoms with Crippen LogP contribution in [0.1, 0.15) is 0 Å². The Labute approximate surface area is 182 Å². The summed E-state index contributed by atoms with van der Waals surface area (Å²) in [5.41, 5.74) is 0. The molecule has 27 heavy (non-hydrogen) atoms. The molecular formula is C15H13BrCl3N3O4S. The van der Waals surface area contributed by atoms with Gasteiger partial charge < -0.3 is 14.7 Å². The van der Waals surface area contributed by atoms with Gasteiger partial charge in [-0.1, -0.05) is 34.8 Å². The Morgan fingerprint density at radius 2 is 2.11 bits per heavy atom. The van der Waals surface area contributed by atoms with Crippen molar-refractivity contribution in [3.05, 3.63) is 42.4 Å². The Kier molecular flexibility index (Phi) is 6.54. The molecule has 2 unspecified atom stereocenters. The topological polar surface area (TPSA) is 74.7 Å². The average molecular weight is 518 g/mol. The van der Waals surface area contributed by atoms with Crippen molar-refractivity contribution in [1.82, 2.24) is 14.5 Å². The van der Waals surface area contributed by atoms with Gasteiger partial charge in [0.05, 0.1) is 31.6 Å². The first-order valence-corrected chi connectivity index (χ1v) is 10.3. The van der Waals surface area contributed by atoms with Crippen molar-refractivity contribution >= 4 is 73.2 Å². The molecular weight excluding hydrogens is 505 g/mol. The second-order valence-electron chi connectivity index (χ2n) is 5.86. The summed E-state index contributed by atoms with van der Waals surface area (Å²) in [5.74, 6) is -0.423. The van der Waals surface area contributed by atoms with Gasteiger partial charge in [0.25, 0.3) is 11.4 Å². The zero-order valence-electron chi connectivity index (χ0n) is 13.8. The highest BCUT2D eigenvalue weighted by molar-refractivity contribution is 9.11. The summed E-state index contributed by atoms with van der Waals surface area (Å²) in [6.07, 6.45) is 0.605. The molecule has 0 saturated carbocycles. The molecule has 7 nitrogen and oxygen atoms in total. The smallest absolute Gasteiger partial charge is 0.348 e. The number of ether oxygens (including phenoxy) is 2. The zero-order valence-corrected chi connectivity index (χ0v) is 18.5. The third kappa shape index (κ3) is 4.68. The molecule has 0 radical (unpaired) electrons. The van der Waals surface area contributed by atoms with Gasteiger partial charge >= 0.3 is 5.97 Å². The molecule has 0 amide bonds. The number of rotatable bonds is 5. The van der Waals surface area contributed by atoms with E-state index in [4.69, 9.17) is 44.3 Å². The molecule has 1 aliphatic heterocycles. The van der Waals surface area contributed by atoms with Gasteiger partial charge in [-0.25, -0.2) is 9.69 Å². The van der Waals surface area contributed by atoms with Crippen LogP contribution in [-0.2, 0) is 9.53 Å². The van der Waals surface area contributed by atoms with Gasteiger partial charge in [0.1, 0.15) is 12.4 Å². The molecule has 146 valence electrons. The van der Waals surface area contributed by atoms with E-state index < -0.39 is 23.5 Å². The molecule has 1 aromatic heterocycles. The van der Waals surface area contributed by atoms with E-state index in [2.05, 4.69) is 20.9 Å². The van der Waals surface area contributed by atoms with Crippen molar-refractivity contribution in [2.24, 2.45) is 0 Å². The van der Waals surface area contributed by atoms with Crippen molar-refractivity contribution in [2.75, 3.05) is 26.9 Å². The van der Waals surface area contributed by atoms with Crippen LogP contribution >= 0.6 is 62.1 Å². The van der Waals surface area contributed by atoms with Crippen LogP contribution in [0.2, 0.25) is 15.1 Å². The lowest BCUT2D eigenvalue weighted by atomic mass is 10.3. The van der Waals surface area contributed by atoms with E-state index in [0.717, 1.165) is 3.79 Å². The van der Waals surface area contributed by atoms with E-state index in [1.807, 2.05) is 0 Å². The first-order chi connectivity index (χ1) is 12.7. The molecule has 0 aliphatic carbocycles. The number of carbonyl (C=O) groups excluding carboxylic acids is 1. The van der Waals surface area contributed by atoms with Crippen LogP contribution in [-0.4, -0.2) is 48.9 Å². The van der Waals surface area contributed by atoms with Crippen LogP contribution in [0.4, 0.5) is 5.13 Å². The Hall–Kier alpha value is -0.650. The van der Waals surface area contributed by atoms with Gasteiger partial charge in [0.15, 0.2) is 6.61 Å². The predicted molar refractivity (Wildman–Crippen MR) is 109 cm³/mol. The number of hydrogen-bond acceptors (Lipinski definition) is 7. The highest BCUT2D eigenvalue weighted by atomic mass is 79.9. The van der Waals surface area contributed by atoms with E-state index >= 15 is 0 Å². The Balaban J connectivity index is 1.66. The zero-order chi connectivity index (χ0) is 19.8. The van der Waals surface area contributed by atoms with E-state index in [1.165, 1.54) is 23.5 Å². The molecule has 0 spiro atoms. The highest BCUT2D eigenvalue weighted by Crippen LogP contribution is 2.37. The second-order valence-corrected chi connectivity index (χ2v) is 9.44. The number of nitrogens with zero attached hydrogens (tertiary/aromatic N) is 3. The molecule has 1 fully saturated rings. The number of likely N-dealkylation sites (N-methyl/N-ethyl adjacent to an activating group) is 1. The van der Waals surface area contributed by atoms with Crippen molar-refractivity contribution in [3.8, 4) is 5.75 Å². The summed E-state index contributed by atoms with van der Waals surface area (Å²) in [5, 5.41) is 14.2. The number of halogens is 4. The summed E-state index contributed by atoms with van der Waals surface area (Å²) >= 11 is 22.2. The summed E-state index contributed by atoms with van der Waals surface area (Å²) in [6, 6.07) is 2.88. The molecule has 2 atom stereocenters. The number of hydroxylamine groups is 2. The minimum absolute atomic E-state index is 0.126. The van der Waals surface area contributed by atoms with Crippen molar-refractivity contribution < 1.29 is 14.3 Å². The lowest BCUT2D eigenvalue weighted by molar-refractivity contribution is -0.155. The van der Waals surface area contributed by atoms with Gasteiger partial charge in [0, 0.05) is 12.1 Å². The molecule has 2 heterocycles. The Bertz CT molecular complexity index is 848. The van der Waals surface area contributed by atoms with Gasteiger partial charge in [-0.05, 0) is 34.3 Å². The van der Waals surface area contributed by atoms with Crippen LogP contribution in [0.3, 0.4) is 0 Å². The van der Waals surface area contributed by atoms with Crippen LogP contribution in [0, 0.1) is 5.21 Å². The van der Waals surface area contributed by atoms with Crippen molar-refractivity contribution in [1.29, 1.82) is 0 Å². The molecule has 2 aromatic rings. The number of hydrogen-bond donors (Lipinski definition) is 0. The maximum absolute atomic E-state index is 13.3. The number of carbonyl (C=O) groups is 1. The highest BCUT2D eigenvalue weighted by Gasteiger charge is 2.44. The van der Waals surface area contributed by atoms with Crippen molar-refractivity contribution in [3.63, 3.8) is 0 Å². The molecule has 0 N–H and O–H groups in total. The van der Waals surface area contributed by atoms with E-state index in [-0.39, 0.29) is 34.0 Å². The van der Waals surface area contributed by atoms with Gasteiger partial charge in [0.2, 0.25) is 0 Å². The predicted octanol–water partition coefficient (Wildman–Crippen LogP) is 4.52. The molecule has 0 bridgehead atoms. The number of aromatic nitrogens is 1. The van der Waals surface area contributed by atoms with Crippen LogP contribution in [0.5, 0.6) is 5.75 Å². The van der Waals surface area contributed by atoms with Gasteiger partial charge in [-0.2, -0.15) is 4.98 Å². The first kappa shape index (κ1) is 21.1. The lowest BCUT2D eigenvalue weighted by Crippen LogP contribution is -2.51. The second kappa shape index (κ2) is 8.38. The van der Waals surface area contributed by atoms with Crippen LogP contribution in [0.25, 0.3) is 0 Å². The average Bonchev–Trinajstić information content (AvgIpc) is 3.15. The summed E-state index contributed by atoms with van der Waals surface area (Å²) in [6.45, 7) is 0.00225. The minimum atomic E-state index is -0.943. The first-order valence-electron chi connectivity index (χ1n) is 7.55. The fourth-order valence-corrected chi connectivity index (χ4v) is 4.40. The maximum Gasteiger partial charge on any atom is 0.348 e. The van der Waals surface area contributed by atoms with Gasteiger partial charge in [-0.15, -0.1) is 0 Å². The van der Waals surface area contributed by atoms with Crippen LogP contribution in [0.15, 0.2) is 22.1 Å². The summed E-state index contributed by atoms with van der Waals surface area (Å²) < 4.78 is 10.6. The molecule has 1 aliphatic rings. The largest absolute Gasteiger partial charge is 0.622 e. The molecule has 1 aromatic carbocycles. The minimum Gasteiger partial charge on any atom is -0.622 e. The third-order valence-electron chi connectivity index (χ3n) is 3.76. The maximum atomic E-state index is 13.3. The van der Waals surface area contributed by atoms with Gasteiger partial charge in [-0.3, -0.25) is 4.65 Å². The van der Waals surface area contributed by atoms with E-state index in [0.29, 0.717) is 5.13 Å². The molecule has 12 heteroatoms. The monoisotopic (exact) mass is 515 g/mol. The van der Waals surface area contributed by atoms with E-state index in [1.54, 1.807) is 18.1 Å². The fourth-order valence-electron chi connectivity index (χ4n) is 2.58. The normalized spacial score (nSPS) is 22.8. The Morgan fingerprint density at radius 1 is 1.44 bits per heavy atom. The number of benzene rings is 1.